The summed E-state index contributed by atoms with van der Waals surface area (Å²) >= 11 is 0. The Hall–Kier alpha value is -2.63. The maximum Gasteiger partial charge on any atom is 0.257 e. The molecule has 0 aliphatic carbocycles. The first kappa shape index (κ1) is 14.3. The highest BCUT2D eigenvalue weighted by Crippen LogP contribution is 2.25. The number of carbonyl (C=O) groups is 1. The first-order chi connectivity index (χ1) is 10.5. The van der Waals surface area contributed by atoms with Gasteiger partial charge in [0.2, 0.25) is 0 Å². The van der Waals surface area contributed by atoms with E-state index in [1.807, 2.05) is 51.1 Å². The molecule has 6 heteroatoms. The van der Waals surface area contributed by atoms with Gasteiger partial charge in [0.1, 0.15) is 5.56 Å². The zero-order valence-corrected chi connectivity index (χ0v) is 12.9. The van der Waals surface area contributed by atoms with Gasteiger partial charge in [-0.05, 0) is 26.3 Å². The Morgan fingerprint density at radius 3 is 2.77 bits per heavy atom. The van der Waals surface area contributed by atoms with Crippen LogP contribution in [0.3, 0.4) is 0 Å². The largest absolute Gasteiger partial charge is 0.343 e. The van der Waals surface area contributed by atoms with Gasteiger partial charge in [-0.15, -0.1) is 0 Å². The van der Waals surface area contributed by atoms with Crippen LogP contribution in [0.2, 0.25) is 0 Å². The van der Waals surface area contributed by atoms with E-state index in [9.17, 15) is 4.79 Å². The summed E-state index contributed by atoms with van der Waals surface area (Å²) in [5.41, 5.74) is 3.92. The summed E-state index contributed by atoms with van der Waals surface area (Å²) < 4.78 is 1.75. The molecule has 1 atom stereocenters. The Labute approximate surface area is 129 Å². The van der Waals surface area contributed by atoms with Crippen molar-refractivity contribution in [3.63, 3.8) is 0 Å². The molecule has 6 nitrogen and oxygen atoms in total. The summed E-state index contributed by atoms with van der Waals surface area (Å²) in [5.74, 6) is 0.447. The van der Waals surface area contributed by atoms with Gasteiger partial charge in [0.15, 0.2) is 5.82 Å². The summed E-state index contributed by atoms with van der Waals surface area (Å²) in [6.45, 7) is 5.92. The van der Waals surface area contributed by atoms with Gasteiger partial charge in [0, 0.05) is 6.21 Å². The number of benzene rings is 1. The van der Waals surface area contributed by atoms with Crippen molar-refractivity contribution in [1.82, 2.24) is 15.1 Å². The van der Waals surface area contributed by atoms with Crippen molar-refractivity contribution in [2.45, 2.75) is 32.4 Å². The van der Waals surface area contributed by atoms with E-state index < -0.39 is 5.54 Å². The minimum Gasteiger partial charge on any atom is -0.343 e. The number of aromatic nitrogens is 2. The molecule has 2 heterocycles. The number of nitrogens with one attached hydrogen (secondary N) is 2. The molecule has 2 aromatic rings. The van der Waals surface area contributed by atoms with Gasteiger partial charge in [-0.1, -0.05) is 30.3 Å². The van der Waals surface area contributed by atoms with Crippen LogP contribution in [0.1, 0.15) is 42.7 Å². The molecule has 3 rings (SSSR count). The molecule has 2 N–H and O–H groups in total. The lowest BCUT2D eigenvalue weighted by atomic mass is 9.94. The minimum atomic E-state index is -0.475. The number of nitrogens with zero attached hydrogens (tertiary/aromatic N) is 3. The highest BCUT2D eigenvalue weighted by atomic mass is 16.1. The third-order valence-electron chi connectivity index (χ3n) is 3.81. The summed E-state index contributed by atoms with van der Waals surface area (Å²) in [4.78, 5) is 12.6. The molecule has 1 aliphatic heterocycles. The Morgan fingerprint density at radius 1 is 1.32 bits per heavy atom. The number of hydrogen-bond acceptors (Lipinski definition) is 4. The molecule has 0 spiro atoms. The zero-order chi connectivity index (χ0) is 15.7. The van der Waals surface area contributed by atoms with Gasteiger partial charge < -0.3 is 5.32 Å². The second-order valence-corrected chi connectivity index (χ2v) is 5.93. The van der Waals surface area contributed by atoms with Crippen LogP contribution in [-0.4, -0.2) is 21.9 Å². The van der Waals surface area contributed by atoms with E-state index in [1.54, 1.807) is 17.1 Å². The second kappa shape index (κ2) is 5.29. The van der Waals surface area contributed by atoms with Crippen molar-refractivity contribution in [2.75, 3.05) is 5.43 Å². The van der Waals surface area contributed by atoms with Gasteiger partial charge in [-0.25, -0.2) is 4.68 Å². The van der Waals surface area contributed by atoms with Crippen molar-refractivity contribution in [1.29, 1.82) is 0 Å². The second-order valence-electron chi connectivity index (χ2n) is 5.93. The van der Waals surface area contributed by atoms with E-state index in [1.165, 1.54) is 0 Å². The van der Waals surface area contributed by atoms with Crippen LogP contribution in [-0.2, 0) is 5.54 Å². The van der Waals surface area contributed by atoms with Gasteiger partial charge in [0.25, 0.3) is 5.91 Å². The zero-order valence-electron chi connectivity index (χ0n) is 12.9. The Kier molecular flexibility index (Phi) is 3.44. The number of anilines is 1. The smallest absolute Gasteiger partial charge is 0.257 e. The number of rotatable bonds is 3. The minimum absolute atomic E-state index is 0.0277. The third-order valence-corrected chi connectivity index (χ3v) is 3.81. The van der Waals surface area contributed by atoms with Crippen LogP contribution < -0.4 is 10.7 Å². The lowest BCUT2D eigenvalue weighted by Gasteiger charge is -2.27. The average molecular weight is 297 g/mol. The standard InChI is InChI=1S/C16H19N5O/c1-11-9-17-20-14-13(10-18-21(11)14)15(22)19-16(2,3)12-7-5-4-6-8-12/h4-11,20H,1-3H3,(H,19,22). The van der Waals surface area contributed by atoms with Gasteiger partial charge in [0.05, 0.1) is 17.8 Å². The lowest BCUT2D eigenvalue weighted by Crippen LogP contribution is -2.41. The van der Waals surface area contributed by atoms with Crippen molar-refractivity contribution in [2.24, 2.45) is 5.10 Å². The van der Waals surface area contributed by atoms with Gasteiger partial charge in [-0.2, -0.15) is 10.2 Å². The predicted molar refractivity (Wildman–Crippen MR) is 86.0 cm³/mol. The molecule has 1 aliphatic rings. The molecule has 0 saturated heterocycles. The molecule has 1 aromatic heterocycles. The molecule has 1 aromatic carbocycles. The van der Waals surface area contributed by atoms with Crippen molar-refractivity contribution >= 4 is 17.9 Å². The molecule has 0 radical (unpaired) electrons. The normalized spacial score (nSPS) is 16.8. The van der Waals surface area contributed by atoms with E-state index in [-0.39, 0.29) is 11.9 Å². The number of hydrogen-bond donors (Lipinski definition) is 2. The molecule has 22 heavy (non-hydrogen) atoms. The first-order valence-electron chi connectivity index (χ1n) is 7.24. The Morgan fingerprint density at radius 2 is 2.05 bits per heavy atom. The van der Waals surface area contributed by atoms with Crippen molar-refractivity contribution in [3.05, 3.63) is 47.7 Å². The monoisotopic (exact) mass is 297 g/mol. The number of amides is 1. The summed E-state index contributed by atoms with van der Waals surface area (Å²) in [6, 6.07) is 9.90. The van der Waals surface area contributed by atoms with Crippen LogP contribution >= 0.6 is 0 Å². The average Bonchev–Trinajstić information content (AvgIpc) is 2.93. The Balaban J connectivity index is 1.84. The highest BCUT2D eigenvalue weighted by Gasteiger charge is 2.27. The Bertz CT molecular complexity index is 717. The molecule has 1 amide bonds. The van der Waals surface area contributed by atoms with Crippen molar-refractivity contribution in [3.8, 4) is 0 Å². The molecule has 0 saturated carbocycles. The van der Waals surface area contributed by atoms with E-state index in [0.29, 0.717) is 11.4 Å². The third kappa shape index (κ3) is 2.47. The highest BCUT2D eigenvalue weighted by molar-refractivity contribution is 5.99. The van der Waals surface area contributed by atoms with E-state index >= 15 is 0 Å². The maximum atomic E-state index is 12.6. The van der Waals surface area contributed by atoms with Crippen LogP contribution in [0.4, 0.5) is 5.82 Å². The van der Waals surface area contributed by atoms with E-state index in [4.69, 9.17) is 0 Å². The molecular weight excluding hydrogens is 278 g/mol. The van der Waals surface area contributed by atoms with Crippen molar-refractivity contribution < 1.29 is 4.79 Å². The fourth-order valence-electron chi connectivity index (χ4n) is 2.50. The molecule has 0 fully saturated rings. The maximum absolute atomic E-state index is 12.6. The lowest BCUT2D eigenvalue weighted by molar-refractivity contribution is 0.0913. The van der Waals surface area contributed by atoms with E-state index in [2.05, 4.69) is 20.9 Å². The van der Waals surface area contributed by atoms with E-state index in [0.717, 1.165) is 5.56 Å². The summed E-state index contributed by atoms with van der Waals surface area (Å²) in [6.07, 6.45) is 3.32. The quantitative estimate of drug-likeness (QED) is 0.914. The molecule has 1 unspecified atom stereocenters. The SMILES string of the molecule is CC1C=NNc2c(C(=O)NC(C)(C)c3ccccc3)cnn21. The van der Waals surface area contributed by atoms with Gasteiger partial charge in [-0.3, -0.25) is 10.2 Å². The fourth-order valence-corrected chi connectivity index (χ4v) is 2.50. The number of hydrazone groups is 1. The van der Waals surface area contributed by atoms with Crippen LogP contribution in [0, 0.1) is 0 Å². The van der Waals surface area contributed by atoms with Crippen LogP contribution in [0.15, 0.2) is 41.6 Å². The predicted octanol–water partition coefficient (Wildman–Crippen LogP) is 2.52. The topological polar surface area (TPSA) is 71.3 Å². The molecular formula is C16H19N5O. The van der Waals surface area contributed by atoms with Gasteiger partial charge >= 0.3 is 0 Å². The van der Waals surface area contributed by atoms with Crippen LogP contribution in [0.5, 0.6) is 0 Å². The number of carbonyl (C=O) groups excluding carboxylic acids is 1. The summed E-state index contributed by atoms with van der Waals surface area (Å²) in [7, 11) is 0. The fraction of sp³-hybridized carbons (Fsp3) is 0.312. The summed E-state index contributed by atoms with van der Waals surface area (Å²) in [5, 5.41) is 11.4. The molecule has 114 valence electrons. The van der Waals surface area contributed by atoms with Crippen LogP contribution in [0.25, 0.3) is 0 Å². The first-order valence-corrected chi connectivity index (χ1v) is 7.24. The molecule has 0 bridgehead atoms. The number of fused-ring (bicyclic) bond motifs is 1.